The first-order valence-electron chi connectivity index (χ1n) is 10.7. The standard InChI is InChI=1S/C21H26N6O4S/c1-24-10-11-31-19-12-18(13-23-20(19)24)32(29,30)27-14-16(15-27)21(28)26-8-6-25(7-9-26)17-2-4-22-5-3-17/h2-5,12-13,16H,6-11,14-15H2,1H3. The van der Waals surface area contributed by atoms with Crippen LogP contribution in [0.2, 0.25) is 0 Å². The highest BCUT2D eigenvalue weighted by atomic mass is 32.2. The number of nitrogens with zero attached hydrogens (tertiary/aromatic N) is 6. The second-order valence-corrected chi connectivity index (χ2v) is 10.2. The van der Waals surface area contributed by atoms with Crippen LogP contribution >= 0.6 is 0 Å². The molecule has 0 unspecified atom stereocenters. The summed E-state index contributed by atoms with van der Waals surface area (Å²) < 4.78 is 32.9. The maximum atomic E-state index is 13.0. The van der Waals surface area contributed by atoms with Crippen molar-refractivity contribution in [1.29, 1.82) is 0 Å². The molecule has 2 fully saturated rings. The molecule has 3 aliphatic heterocycles. The lowest BCUT2D eigenvalue weighted by molar-refractivity contribution is -0.139. The highest BCUT2D eigenvalue weighted by Crippen LogP contribution is 2.33. The molecule has 3 aliphatic rings. The Morgan fingerprint density at radius 1 is 1.09 bits per heavy atom. The number of likely N-dealkylation sites (N-methyl/N-ethyl adjacent to an activating group) is 1. The van der Waals surface area contributed by atoms with Crippen LogP contribution in [0.4, 0.5) is 11.5 Å². The number of hydrogen-bond donors (Lipinski definition) is 0. The normalized spacial score (nSPS) is 19.8. The quantitative estimate of drug-likeness (QED) is 0.644. The number of rotatable bonds is 4. The minimum atomic E-state index is -3.71. The first-order chi connectivity index (χ1) is 15.4. The van der Waals surface area contributed by atoms with Crippen molar-refractivity contribution in [2.24, 2.45) is 5.92 Å². The van der Waals surface area contributed by atoms with E-state index in [1.165, 1.54) is 16.6 Å². The largest absolute Gasteiger partial charge is 0.488 e. The van der Waals surface area contributed by atoms with Gasteiger partial charge in [-0.2, -0.15) is 4.31 Å². The topological polar surface area (TPSA) is 99.2 Å². The van der Waals surface area contributed by atoms with Crippen LogP contribution < -0.4 is 14.5 Å². The molecule has 0 radical (unpaired) electrons. The number of carbonyl (C=O) groups is 1. The highest BCUT2D eigenvalue weighted by Gasteiger charge is 2.43. The Morgan fingerprint density at radius 2 is 1.81 bits per heavy atom. The van der Waals surface area contributed by atoms with E-state index in [0.717, 1.165) is 18.8 Å². The Labute approximate surface area is 187 Å². The molecule has 0 spiro atoms. The number of amides is 1. The summed E-state index contributed by atoms with van der Waals surface area (Å²) in [6.07, 6.45) is 4.89. The van der Waals surface area contributed by atoms with Gasteiger partial charge in [0.15, 0.2) is 11.6 Å². The molecule has 10 nitrogen and oxygen atoms in total. The van der Waals surface area contributed by atoms with Gasteiger partial charge in [-0.3, -0.25) is 9.78 Å². The molecule has 0 aromatic carbocycles. The van der Waals surface area contributed by atoms with Crippen molar-refractivity contribution < 1.29 is 17.9 Å². The average Bonchev–Trinajstić information content (AvgIpc) is 2.78. The van der Waals surface area contributed by atoms with Crippen LogP contribution in [0.25, 0.3) is 0 Å². The van der Waals surface area contributed by atoms with Gasteiger partial charge in [-0.15, -0.1) is 0 Å². The first kappa shape index (κ1) is 21.0. The molecule has 1 amide bonds. The van der Waals surface area contributed by atoms with Gasteiger partial charge in [0, 0.05) is 76.7 Å². The van der Waals surface area contributed by atoms with Gasteiger partial charge in [-0.25, -0.2) is 13.4 Å². The Balaban J connectivity index is 1.18. The maximum absolute atomic E-state index is 13.0. The van der Waals surface area contributed by atoms with Crippen LogP contribution in [0.5, 0.6) is 5.75 Å². The van der Waals surface area contributed by atoms with Gasteiger partial charge in [0.05, 0.1) is 12.5 Å². The third-order valence-electron chi connectivity index (χ3n) is 6.31. The number of ether oxygens (including phenoxy) is 1. The van der Waals surface area contributed by atoms with Gasteiger partial charge in [0.25, 0.3) is 0 Å². The predicted molar refractivity (Wildman–Crippen MR) is 118 cm³/mol. The van der Waals surface area contributed by atoms with Crippen LogP contribution in [-0.2, 0) is 14.8 Å². The summed E-state index contributed by atoms with van der Waals surface area (Å²) in [7, 11) is -1.81. The lowest BCUT2D eigenvalue weighted by Crippen LogP contribution is -2.59. The molecule has 0 saturated carbocycles. The zero-order chi connectivity index (χ0) is 22.3. The second-order valence-electron chi connectivity index (χ2n) is 8.30. The second kappa shape index (κ2) is 8.21. The van der Waals surface area contributed by atoms with Crippen molar-refractivity contribution in [2.45, 2.75) is 4.90 Å². The Morgan fingerprint density at radius 3 is 2.53 bits per heavy atom. The fourth-order valence-electron chi connectivity index (χ4n) is 4.29. The summed E-state index contributed by atoms with van der Waals surface area (Å²) in [5, 5.41) is 0. The summed E-state index contributed by atoms with van der Waals surface area (Å²) in [6.45, 7) is 4.35. The molecule has 0 aliphatic carbocycles. The number of aromatic nitrogens is 2. The minimum Gasteiger partial charge on any atom is -0.488 e. The molecule has 2 aromatic heterocycles. The van der Waals surface area contributed by atoms with Crippen molar-refractivity contribution in [2.75, 3.05) is 69.3 Å². The Bertz CT molecular complexity index is 1100. The SMILES string of the molecule is CN1CCOc2cc(S(=O)(=O)N3CC(C(=O)N4CCN(c5ccncc5)CC4)C3)cnc21. The summed E-state index contributed by atoms with van der Waals surface area (Å²) >= 11 is 0. The molecule has 11 heteroatoms. The maximum Gasteiger partial charge on any atom is 0.244 e. The molecule has 2 aromatic rings. The van der Waals surface area contributed by atoms with Gasteiger partial charge in [0.1, 0.15) is 11.5 Å². The van der Waals surface area contributed by atoms with Crippen LogP contribution in [0.3, 0.4) is 0 Å². The van der Waals surface area contributed by atoms with E-state index in [9.17, 15) is 13.2 Å². The molecule has 5 rings (SSSR count). The first-order valence-corrected chi connectivity index (χ1v) is 12.2. The monoisotopic (exact) mass is 458 g/mol. The van der Waals surface area contributed by atoms with Crippen molar-refractivity contribution in [3.63, 3.8) is 0 Å². The summed E-state index contributed by atoms with van der Waals surface area (Å²) in [6, 6.07) is 5.45. The minimum absolute atomic E-state index is 0.0272. The van der Waals surface area contributed by atoms with Crippen LogP contribution in [0.1, 0.15) is 0 Å². The number of pyridine rings is 2. The number of fused-ring (bicyclic) bond motifs is 1. The van der Waals surface area contributed by atoms with E-state index in [0.29, 0.717) is 37.8 Å². The Hall–Kier alpha value is -2.92. The molecule has 0 bridgehead atoms. The van der Waals surface area contributed by atoms with Crippen LogP contribution in [0.15, 0.2) is 41.7 Å². The molecule has 5 heterocycles. The molecule has 2 saturated heterocycles. The lowest BCUT2D eigenvalue weighted by atomic mass is 10.0. The molecule has 170 valence electrons. The number of anilines is 2. The third kappa shape index (κ3) is 3.75. The molecular formula is C21H26N6O4S. The highest BCUT2D eigenvalue weighted by molar-refractivity contribution is 7.89. The molecule has 32 heavy (non-hydrogen) atoms. The van der Waals surface area contributed by atoms with Crippen molar-refractivity contribution in [3.05, 3.63) is 36.8 Å². The van der Waals surface area contributed by atoms with Gasteiger partial charge >= 0.3 is 0 Å². The zero-order valence-corrected chi connectivity index (χ0v) is 18.7. The van der Waals surface area contributed by atoms with E-state index in [2.05, 4.69) is 14.9 Å². The smallest absolute Gasteiger partial charge is 0.244 e. The van der Waals surface area contributed by atoms with E-state index < -0.39 is 10.0 Å². The fraction of sp³-hybridized carbons (Fsp3) is 0.476. The van der Waals surface area contributed by atoms with E-state index in [1.54, 1.807) is 12.4 Å². The van der Waals surface area contributed by atoms with Crippen molar-refractivity contribution >= 4 is 27.4 Å². The molecule has 0 atom stereocenters. The van der Waals surface area contributed by atoms with Gasteiger partial charge < -0.3 is 19.4 Å². The number of hydrogen-bond acceptors (Lipinski definition) is 8. The summed E-state index contributed by atoms with van der Waals surface area (Å²) in [4.78, 5) is 27.3. The number of carbonyl (C=O) groups excluding carboxylic acids is 1. The zero-order valence-electron chi connectivity index (χ0n) is 17.9. The predicted octanol–water partition coefficient (Wildman–Crippen LogP) is 0.275. The van der Waals surface area contributed by atoms with E-state index in [1.807, 2.05) is 29.0 Å². The summed E-state index contributed by atoms with van der Waals surface area (Å²) in [5.74, 6) is 0.836. The van der Waals surface area contributed by atoms with E-state index in [-0.39, 0.29) is 29.8 Å². The van der Waals surface area contributed by atoms with Crippen molar-refractivity contribution in [1.82, 2.24) is 19.2 Å². The number of piperazine rings is 1. The molecular weight excluding hydrogens is 432 g/mol. The number of sulfonamides is 1. The van der Waals surface area contributed by atoms with Gasteiger partial charge in [-0.05, 0) is 12.1 Å². The van der Waals surface area contributed by atoms with Crippen LogP contribution in [0, 0.1) is 5.92 Å². The molecule has 0 N–H and O–H groups in total. The van der Waals surface area contributed by atoms with Gasteiger partial charge in [0.2, 0.25) is 15.9 Å². The Kier molecular flexibility index (Phi) is 5.38. The average molecular weight is 459 g/mol. The third-order valence-corrected chi connectivity index (χ3v) is 8.10. The fourth-order valence-corrected chi connectivity index (χ4v) is 5.78. The van der Waals surface area contributed by atoms with E-state index in [4.69, 9.17) is 4.74 Å². The van der Waals surface area contributed by atoms with Gasteiger partial charge in [-0.1, -0.05) is 0 Å². The summed E-state index contributed by atoms with van der Waals surface area (Å²) in [5.41, 5.74) is 1.10. The van der Waals surface area contributed by atoms with Crippen molar-refractivity contribution in [3.8, 4) is 5.75 Å². The van der Waals surface area contributed by atoms with Crippen LogP contribution in [-0.4, -0.2) is 93.0 Å². The van der Waals surface area contributed by atoms with E-state index >= 15 is 0 Å². The lowest BCUT2D eigenvalue weighted by Gasteiger charge is -2.42.